The lowest BCUT2D eigenvalue weighted by atomic mass is 10.0. The summed E-state index contributed by atoms with van der Waals surface area (Å²) in [6.45, 7) is 6.38. The highest BCUT2D eigenvalue weighted by molar-refractivity contribution is 5.94. The first-order valence-electron chi connectivity index (χ1n) is 8.06. The number of carboxylic acid groups (broad SMARTS) is 1. The molecule has 6 heteroatoms. The van der Waals surface area contributed by atoms with Gasteiger partial charge in [-0.25, -0.2) is 4.79 Å². The minimum absolute atomic E-state index is 0.142. The van der Waals surface area contributed by atoms with Crippen molar-refractivity contribution in [3.05, 3.63) is 36.1 Å². The third kappa shape index (κ3) is 4.28. The molecule has 0 fully saturated rings. The molecule has 0 aliphatic carbocycles. The van der Waals surface area contributed by atoms with Crippen LogP contribution in [0.1, 0.15) is 27.2 Å². The van der Waals surface area contributed by atoms with E-state index < -0.39 is 12.0 Å². The summed E-state index contributed by atoms with van der Waals surface area (Å²) in [6.07, 6.45) is 1.75. The van der Waals surface area contributed by atoms with Gasteiger partial charge in [0.25, 0.3) is 5.91 Å². The number of nitrogens with zero attached hydrogens (tertiary/aromatic N) is 1. The number of hydrogen-bond acceptors (Lipinski definition) is 4. The summed E-state index contributed by atoms with van der Waals surface area (Å²) in [7, 11) is 0. The largest absolute Gasteiger partial charge is 0.490 e. The average molecular weight is 333 g/mol. The standard InChI is InChI=1S/C18H23NO5/c1-4-23-15-7-5-6-8-16(15)24-13-10-17(20)19(11-13)14(18(21)22)9-12(2)3/h5-8,10,12,14H,4,9,11H2,1-3H3,(H,21,22). The van der Waals surface area contributed by atoms with E-state index in [0.29, 0.717) is 30.3 Å². The lowest BCUT2D eigenvalue weighted by molar-refractivity contribution is -0.148. The van der Waals surface area contributed by atoms with Crippen LogP contribution < -0.4 is 9.47 Å². The van der Waals surface area contributed by atoms with Crippen LogP contribution in [-0.4, -0.2) is 41.1 Å². The zero-order valence-electron chi connectivity index (χ0n) is 14.2. The van der Waals surface area contributed by atoms with Gasteiger partial charge >= 0.3 is 5.97 Å². The fraction of sp³-hybridized carbons (Fsp3) is 0.444. The Bertz CT molecular complexity index is 638. The molecule has 1 amide bonds. The molecule has 0 saturated carbocycles. The van der Waals surface area contributed by atoms with E-state index in [-0.39, 0.29) is 18.4 Å². The van der Waals surface area contributed by atoms with E-state index in [1.807, 2.05) is 32.9 Å². The molecule has 130 valence electrons. The molecule has 0 saturated heterocycles. The topological polar surface area (TPSA) is 76.1 Å². The second-order valence-electron chi connectivity index (χ2n) is 6.04. The number of para-hydroxylation sites is 2. The molecule has 2 rings (SSSR count). The summed E-state index contributed by atoms with van der Waals surface area (Å²) in [5.74, 6) is 0.345. The van der Waals surface area contributed by atoms with Crippen LogP contribution in [0.2, 0.25) is 0 Å². The second kappa shape index (κ2) is 7.86. The van der Waals surface area contributed by atoms with Crippen LogP contribution in [0.25, 0.3) is 0 Å². The molecule has 0 radical (unpaired) electrons. The molecule has 0 bridgehead atoms. The maximum Gasteiger partial charge on any atom is 0.326 e. The molecular formula is C18H23NO5. The predicted octanol–water partition coefficient (Wildman–Crippen LogP) is 2.69. The van der Waals surface area contributed by atoms with Crippen LogP contribution in [0.4, 0.5) is 0 Å². The van der Waals surface area contributed by atoms with Crippen LogP contribution in [0.15, 0.2) is 36.1 Å². The van der Waals surface area contributed by atoms with Crippen molar-refractivity contribution in [3.63, 3.8) is 0 Å². The first kappa shape index (κ1) is 17.8. The van der Waals surface area contributed by atoms with Gasteiger partial charge in [0.15, 0.2) is 11.5 Å². The molecule has 0 spiro atoms. The molecule has 1 atom stereocenters. The lowest BCUT2D eigenvalue weighted by Gasteiger charge is -2.25. The Morgan fingerprint density at radius 2 is 1.96 bits per heavy atom. The number of carboxylic acids is 1. The average Bonchev–Trinajstić information content (AvgIpc) is 2.87. The molecule has 24 heavy (non-hydrogen) atoms. The highest BCUT2D eigenvalue weighted by Crippen LogP contribution is 2.30. The minimum Gasteiger partial charge on any atom is -0.490 e. The first-order valence-corrected chi connectivity index (χ1v) is 8.06. The summed E-state index contributed by atoms with van der Waals surface area (Å²) in [4.78, 5) is 25.0. The zero-order valence-corrected chi connectivity index (χ0v) is 14.2. The van der Waals surface area contributed by atoms with Gasteiger partial charge < -0.3 is 19.5 Å². The van der Waals surface area contributed by atoms with E-state index in [1.165, 1.54) is 11.0 Å². The minimum atomic E-state index is -0.999. The Balaban J connectivity index is 2.11. The van der Waals surface area contributed by atoms with E-state index in [9.17, 15) is 14.7 Å². The third-order valence-electron chi connectivity index (χ3n) is 3.64. The predicted molar refractivity (Wildman–Crippen MR) is 88.9 cm³/mol. The molecule has 1 unspecified atom stereocenters. The smallest absolute Gasteiger partial charge is 0.326 e. The summed E-state index contributed by atoms with van der Waals surface area (Å²) < 4.78 is 11.3. The summed E-state index contributed by atoms with van der Waals surface area (Å²) in [6, 6.07) is 6.33. The molecule has 1 aliphatic heterocycles. The number of carbonyl (C=O) groups is 2. The molecule has 1 aliphatic rings. The van der Waals surface area contributed by atoms with Gasteiger partial charge in [0.1, 0.15) is 11.8 Å². The molecule has 1 aromatic rings. The fourth-order valence-electron chi connectivity index (χ4n) is 2.60. The normalized spacial score (nSPS) is 15.4. The highest BCUT2D eigenvalue weighted by Gasteiger charge is 2.34. The zero-order chi connectivity index (χ0) is 17.7. The first-order chi connectivity index (χ1) is 11.4. The van der Waals surface area contributed by atoms with Gasteiger partial charge in [-0.1, -0.05) is 26.0 Å². The van der Waals surface area contributed by atoms with E-state index >= 15 is 0 Å². The van der Waals surface area contributed by atoms with Gasteiger partial charge in [-0.15, -0.1) is 0 Å². The molecule has 1 aromatic carbocycles. The number of hydrogen-bond donors (Lipinski definition) is 1. The molecule has 1 N–H and O–H groups in total. The third-order valence-corrected chi connectivity index (χ3v) is 3.64. The Labute approximate surface area is 141 Å². The van der Waals surface area contributed by atoms with Crippen LogP contribution in [-0.2, 0) is 9.59 Å². The van der Waals surface area contributed by atoms with Crippen molar-refractivity contribution in [2.45, 2.75) is 33.2 Å². The molecule has 0 aromatic heterocycles. The quantitative estimate of drug-likeness (QED) is 0.791. The van der Waals surface area contributed by atoms with Gasteiger partial charge in [0.05, 0.1) is 13.2 Å². The van der Waals surface area contributed by atoms with E-state index in [1.54, 1.807) is 12.1 Å². The number of aliphatic carboxylic acids is 1. The van der Waals surface area contributed by atoms with Crippen LogP contribution in [0.3, 0.4) is 0 Å². The summed E-state index contributed by atoms with van der Waals surface area (Å²) in [5.41, 5.74) is 0. The van der Waals surface area contributed by atoms with E-state index in [0.717, 1.165) is 0 Å². The maximum absolute atomic E-state index is 12.2. The summed E-state index contributed by atoms with van der Waals surface area (Å²) in [5, 5.41) is 9.41. The molecule has 1 heterocycles. The number of benzene rings is 1. The Kier molecular flexibility index (Phi) is 5.84. The molecular weight excluding hydrogens is 310 g/mol. The van der Waals surface area contributed by atoms with Crippen LogP contribution in [0.5, 0.6) is 11.5 Å². The van der Waals surface area contributed by atoms with Gasteiger partial charge in [-0.05, 0) is 31.4 Å². The number of rotatable bonds is 8. The van der Waals surface area contributed by atoms with Crippen LogP contribution >= 0.6 is 0 Å². The van der Waals surface area contributed by atoms with E-state index in [2.05, 4.69) is 0 Å². The van der Waals surface area contributed by atoms with Gasteiger partial charge in [-0.3, -0.25) is 4.79 Å². The Hall–Kier alpha value is -2.50. The fourth-order valence-corrected chi connectivity index (χ4v) is 2.60. The Morgan fingerprint density at radius 1 is 1.29 bits per heavy atom. The van der Waals surface area contributed by atoms with E-state index in [4.69, 9.17) is 9.47 Å². The van der Waals surface area contributed by atoms with Crippen molar-refractivity contribution in [2.75, 3.05) is 13.2 Å². The summed E-state index contributed by atoms with van der Waals surface area (Å²) >= 11 is 0. The van der Waals surface area contributed by atoms with Crippen molar-refractivity contribution >= 4 is 11.9 Å². The van der Waals surface area contributed by atoms with Crippen molar-refractivity contribution < 1.29 is 24.2 Å². The molecule has 6 nitrogen and oxygen atoms in total. The van der Waals surface area contributed by atoms with Crippen molar-refractivity contribution in [1.82, 2.24) is 4.90 Å². The van der Waals surface area contributed by atoms with Crippen LogP contribution in [0, 0.1) is 5.92 Å². The Morgan fingerprint density at radius 3 is 2.54 bits per heavy atom. The highest BCUT2D eigenvalue weighted by atomic mass is 16.5. The number of carbonyl (C=O) groups excluding carboxylic acids is 1. The maximum atomic E-state index is 12.2. The van der Waals surface area contributed by atoms with Gasteiger partial charge in [-0.2, -0.15) is 0 Å². The number of amides is 1. The second-order valence-corrected chi connectivity index (χ2v) is 6.04. The van der Waals surface area contributed by atoms with Gasteiger partial charge in [0, 0.05) is 6.08 Å². The van der Waals surface area contributed by atoms with Crippen molar-refractivity contribution in [2.24, 2.45) is 5.92 Å². The monoisotopic (exact) mass is 333 g/mol. The SMILES string of the molecule is CCOc1ccccc1OC1=CC(=O)N(C(CC(C)C)C(=O)O)C1. The van der Waals surface area contributed by atoms with Crippen molar-refractivity contribution in [1.29, 1.82) is 0 Å². The van der Waals surface area contributed by atoms with Crippen molar-refractivity contribution in [3.8, 4) is 11.5 Å². The number of ether oxygens (including phenoxy) is 2. The van der Waals surface area contributed by atoms with Gasteiger partial charge in [0.2, 0.25) is 0 Å². The lowest BCUT2D eigenvalue weighted by Crippen LogP contribution is -2.43.